The van der Waals surface area contributed by atoms with Crippen LogP contribution in [0.5, 0.6) is 0 Å². The normalized spacial score (nSPS) is 28.3. The summed E-state index contributed by atoms with van der Waals surface area (Å²) in [6.07, 6.45) is 6.85. The Labute approximate surface area is 189 Å². The Balaban J connectivity index is 1.60. The lowest BCUT2D eigenvalue weighted by Gasteiger charge is -2.48. The molecule has 2 nitrogen and oxygen atoms in total. The van der Waals surface area contributed by atoms with Crippen molar-refractivity contribution in [3.63, 3.8) is 0 Å². The second-order valence-electron chi connectivity index (χ2n) is 11.2. The van der Waals surface area contributed by atoms with Gasteiger partial charge in [0.15, 0.2) is 5.58 Å². The van der Waals surface area contributed by atoms with Crippen molar-refractivity contribution in [3.05, 3.63) is 60.2 Å². The minimum absolute atomic E-state index is 0.198. The molecule has 2 unspecified atom stereocenters. The molecule has 0 spiro atoms. The molecule has 0 aliphatic heterocycles. The minimum Gasteiger partial charge on any atom is -0.454 e. The summed E-state index contributed by atoms with van der Waals surface area (Å²) >= 11 is 0. The van der Waals surface area contributed by atoms with E-state index in [0.717, 1.165) is 28.9 Å². The smallest absolute Gasteiger partial charge is 0.159 e. The van der Waals surface area contributed by atoms with Gasteiger partial charge in [-0.2, -0.15) is 0 Å². The fourth-order valence-electron chi connectivity index (χ4n) is 7.82. The summed E-state index contributed by atoms with van der Waals surface area (Å²) < 4.78 is 8.97. The summed E-state index contributed by atoms with van der Waals surface area (Å²) in [6.45, 7) is 5.02. The first kappa shape index (κ1) is 18.8. The Hall–Kier alpha value is -2.74. The van der Waals surface area contributed by atoms with Crippen LogP contribution in [-0.2, 0) is 12.5 Å². The Kier molecular flexibility index (Phi) is 3.76. The highest BCUT2D eigenvalue weighted by Gasteiger charge is 2.43. The van der Waals surface area contributed by atoms with Gasteiger partial charge in [0.25, 0.3) is 0 Å². The molecule has 162 valence electrons. The van der Waals surface area contributed by atoms with Crippen LogP contribution >= 0.6 is 0 Å². The highest BCUT2D eigenvalue weighted by molar-refractivity contribution is 6.22. The van der Waals surface area contributed by atoms with E-state index in [9.17, 15) is 0 Å². The molecule has 32 heavy (non-hydrogen) atoms. The number of hydrogen-bond donors (Lipinski definition) is 0. The van der Waals surface area contributed by atoms with Crippen LogP contribution in [0.4, 0.5) is 0 Å². The SMILES string of the molecule is CC1CC2CC(C1)CC(C)(c1cc3c4ccccc4n(C)c3c3oc4ccccc4c13)C2. The molecule has 2 heteroatoms. The van der Waals surface area contributed by atoms with Gasteiger partial charge >= 0.3 is 0 Å². The number of aryl methyl sites for hydroxylation is 1. The first-order chi connectivity index (χ1) is 15.5. The van der Waals surface area contributed by atoms with Crippen LogP contribution in [0.2, 0.25) is 0 Å². The third-order valence-corrected chi connectivity index (χ3v) is 8.78. The fraction of sp³-hybridized carbons (Fsp3) is 0.400. The van der Waals surface area contributed by atoms with E-state index < -0.39 is 0 Å². The van der Waals surface area contributed by atoms with Crippen LogP contribution in [0.3, 0.4) is 0 Å². The second kappa shape index (κ2) is 6.41. The zero-order chi connectivity index (χ0) is 21.6. The van der Waals surface area contributed by atoms with E-state index in [-0.39, 0.29) is 5.41 Å². The molecular formula is C30H31NO. The van der Waals surface area contributed by atoms with Gasteiger partial charge in [0.1, 0.15) is 5.58 Å². The van der Waals surface area contributed by atoms with Crippen LogP contribution < -0.4 is 0 Å². The molecule has 2 aliphatic rings. The molecule has 0 amide bonds. The van der Waals surface area contributed by atoms with Crippen molar-refractivity contribution >= 4 is 43.7 Å². The molecule has 0 saturated heterocycles. The van der Waals surface area contributed by atoms with Crippen LogP contribution in [-0.4, -0.2) is 4.57 Å². The van der Waals surface area contributed by atoms with Crippen LogP contribution in [0, 0.1) is 17.8 Å². The van der Waals surface area contributed by atoms with Crippen molar-refractivity contribution < 1.29 is 4.42 Å². The second-order valence-corrected chi connectivity index (χ2v) is 11.2. The molecule has 2 aliphatic carbocycles. The van der Waals surface area contributed by atoms with Crippen LogP contribution in [0.15, 0.2) is 59.0 Å². The molecule has 2 bridgehead atoms. The van der Waals surface area contributed by atoms with Gasteiger partial charge in [-0.3, -0.25) is 0 Å². The van der Waals surface area contributed by atoms with E-state index in [1.165, 1.54) is 70.2 Å². The van der Waals surface area contributed by atoms with E-state index in [1.54, 1.807) is 0 Å². The highest BCUT2D eigenvalue weighted by atomic mass is 16.3. The largest absolute Gasteiger partial charge is 0.454 e. The van der Waals surface area contributed by atoms with E-state index >= 15 is 0 Å². The number of fused-ring (bicyclic) bond motifs is 9. The lowest BCUT2D eigenvalue weighted by molar-refractivity contribution is 0.0906. The number of benzene rings is 3. The van der Waals surface area contributed by atoms with E-state index in [1.807, 2.05) is 0 Å². The molecular weight excluding hydrogens is 390 g/mol. The predicted molar refractivity (Wildman–Crippen MR) is 134 cm³/mol. The molecule has 3 aromatic carbocycles. The average molecular weight is 422 g/mol. The van der Waals surface area contributed by atoms with Crippen molar-refractivity contribution in [2.45, 2.75) is 51.4 Å². The van der Waals surface area contributed by atoms with Gasteiger partial charge in [-0.05, 0) is 79.0 Å². The summed E-state index contributed by atoms with van der Waals surface area (Å²) in [5.41, 5.74) is 6.31. The quantitative estimate of drug-likeness (QED) is 0.266. The van der Waals surface area contributed by atoms with Gasteiger partial charge in [-0.15, -0.1) is 0 Å². The standard InChI is InChI=1S/C30H31NO/c1-18-12-19-14-20(13-18)17-30(2,16-19)24-15-23-21-8-4-6-10-25(21)31(3)28(23)29-27(24)22-9-5-7-11-26(22)32-29/h4-11,15,18-20H,12-14,16-17H2,1-3H3. The Morgan fingerprint density at radius 1 is 0.875 bits per heavy atom. The van der Waals surface area contributed by atoms with Crippen molar-refractivity contribution in [2.24, 2.45) is 24.8 Å². The summed E-state index contributed by atoms with van der Waals surface area (Å²) in [5.74, 6) is 2.61. The van der Waals surface area contributed by atoms with Gasteiger partial charge in [0.2, 0.25) is 0 Å². The van der Waals surface area contributed by atoms with E-state index in [2.05, 4.69) is 80.1 Å². The molecule has 2 saturated carbocycles. The first-order valence-corrected chi connectivity index (χ1v) is 12.3. The summed E-state index contributed by atoms with van der Waals surface area (Å²) in [6, 6.07) is 20.0. The summed E-state index contributed by atoms with van der Waals surface area (Å²) in [5, 5.41) is 5.31. The van der Waals surface area contributed by atoms with Crippen molar-refractivity contribution in [1.29, 1.82) is 0 Å². The third-order valence-electron chi connectivity index (χ3n) is 8.78. The molecule has 0 N–H and O–H groups in total. The molecule has 2 fully saturated rings. The Morgan fingerprint density at radius 3 is 2.34 bits per heavy atom. The number of nitrogens with zero attached hydrogens (tertiary/aromatic N) is 1. The van der Waals surface area contributed by atoms with Crippen molar-refractivity contribution in [3.8, 4) is 0 Å². The van der Waals surface area contributed by atoms with Crippen molar-refractivity contribution in [1.82, 2.24) is 4.57 Å². The average Bonchev–Trinajstić information content (AvgIpc) is 3.28. The molecule has 7 rings (SSSR count). The van der Waals surface area contributed by atoms with Gasteiger partial charge in [-0.25, -0.2) is 0 Å². The predicted octanol–water partition coefficient (Wildman–Crippen LogP) is 8.33. The summed E-state index contributed by atoms with van der Waals surface area (Å²) in [4.78, 5) is 0. The monoisotopic (exact) mass is 421 g/mol. The highest BCUT2D eigenvalue weighted by Crippen LogP contribution is 2.54. The zero-order valence-electron chi connectivity index (χ0n) is 19.3. The molecule has 2 atom stereocenters. The zero-order valence-corrected chi connectivity index (χ0v) is 19.3. The maximum absolute atomic E-state index is 6.64. The topological polar surface area (TPSA) is 18.1 Å². The molecule has 2 heterocycles. The third kappa shape index (κ3) is 2.47. The van der Waals surface area contributed by atoms with Gasteiger partial charge in [-0.1, -0.05) is 50.2 Å². The first-order valence-electron chi connectivity index (χ1n) is 12.3. The number of para-hydroxylation sites is 2. The summed E-state index contributed by atoms with van der Waals surface area (Å²) in [7, 11) is 2.19. The lowest BCUT2D eigenvalue weighted by atomic mass is 9.57. The molecule has 0 radical (unpaired) electrons. The van der Waals surface area contributed by atoms with Crippen LogP contribution in [0.25, 0.3) is 43.7 Å². The minimum atomic E-state index is 0.198. The molecule has 2 aromatic heterocycles. The number of rotatable bonds is 1. The number of furan rings is 1. The molecule has 5 aromatic rings. The number of aromatic nitrogens is 1. The van der Waals surface area contributed by atoms with Gasteiger partial charge in [0, 0.05) is 34.1 Å². The van der Waals surface area contributed by atoms with Gasteiger partial charge in [0.05, 0.1) is 5.52 Å². The van der Waals surface area contributed by atoms with Crippen molar-refractivity contribution in [2.75, 3.05) is 0 Å². The number of hydrogen-bond acceptors (Lipinski definition) is 1. The Morgan fingerprint density at radius 2 is 1.56 bits per heavy atom. The Bertz CT molecular complexity index is 1500. The van der Waals surface area contributed by atoms with Gasteiger partial charge < -0.3 is 8.98 Å². The van der Waals surface area contributed by atoms with E-state index in [0.29, 0.717) is 0 Å². The maximum Gasteiger partial charge on any atom is 0.159 e. The lowest BCUT2D eigenvalue weighted by Crippen LogP contribution is -2.38. The maximum atomic E-state index is 6.64. The fourth-order valence-corrected chi connectivity index (χ4v) is 7.82. The van der Waals surface area contributed by atoms with Crippen LogP contribution in [0.1, 0.15) is 51.5 Å². The van der Waals surface area contributed by atoms with E-state index in [4.69, 9.17) is 4.42 Å².